The fourth-order valence-corrected chi connectivity index (χ4v) is 5.72. The standard InChI is InChI=1S/C36H42N6O9/c1-3-48-18-17-38-35(45)27-9-6-8-25-29(23-50-36(46)51-42-31-11-5-4-10-30(31)40-41-42)28-22-24(14-15-26(28)34(25)27)39-33(44)13-7-12-32(43)37-16-19-49-21-20-47-2/h4-6,8-11,14-15,22,29H,3,7,12-13,16-21,23H2,1-2H3,(H,37,43)(H,38,45)(H,39,44). The van der Waals surface area contributed by atoms with Gasteiger partial charge in [-0.15, -0.1) is 5.10 Å². The van der Waals surface area contributed by atoms with Gasteiger partial charge >= 0.3 is 6.16 Å². The van der Waals surface area contributed by atoms with E-state index in [1.807, 2.05) is 25.1 Å². The molecule has 15 heteroatoms. The molecule has 270 valence electrons. The molecule has 1 unspecified atom stereocenters. The number of nitrogens with one attached hydrogen (secondary N) is 3. The molecule has 1 aromatic heterocycles. The number of fused-ring (bicyclic) bond motifs is 4. The Balaban J connectivity index is 1.26. The Labute approximate surface area is 294 Å². The molecular weight excluding hydrogens is 660 g/mol. The molecular formula is C36H42N6O9. The summed E-state index contributed by atoms with van der Waals surface area (Å²) in [5, 5.41) is 16.4. The number of methoxy groups -OCH3 is 1. The van der Waals surface area contributed by atoms with Crippen molar-refractivity contribution in [1.82, 2.24) is 25.8 Å². The van der Waals surface area contributed by atoms with E-state index in [1.54, 1.807) is 49.6 Å². The number of aromatic nitrogens is 3. The lowest BCUT2D eigenvalue weighted by Gasteiger charge is -2.15. The van der Waals surface area contributed by atoms with Crippen molar-refractivity contribution >= 4 is 40.6 Å². The number of rotatable bonds is 19. The topological polar surface area (TPSA) is 181 Å². The number of nitrogens with zero attached hydrogens (tertiary/aromatic N) is 3. The molecule has 0 saturated carbocycles. The first-order chi connectivity index (χ1) is 24.9. The second kappa shape index (κ2) is 18.6. The van der Waals surface area contributed by atoms with Crippen molar-refractivity contribution in [3.05, 3.63) is 77.4 Å². The molecule has 0 spiro atoms. The van der Waals surface area contributed by atoms with Crippen LogP contribution in [0.3, 0.4) is 0 Å². The highest BCUT2D eigenvalue weighted by atomic mass is 16.8. The number of hydrogen-bond acceptors (Lipinski definition) is 11. The number of anilines is 1. The maximum Gasteiger partial charge on any atom is 0.535 e. The molecule has 3 aromatic carbocycles. The average molecular weight is 703 g/mol. The largest absolute Gasteiger partial charge is 0.535 e. The fourth-order valence-electron chi connectivity index (χ4n) is 5.72. The van der Waals surface area contributed by atoms with E-state index in [4.69, 9.17) is 23.8 Å². The number of benzene rings is 3. The van der Waals surface area contributed by atoms with Crippen LogP contribution in [0.2, 0.25) is 0 Å². The van der Waals surface area contributed by atoms with Crippen molar-refractivity contribution in [3.8, 4) is 11.1 Å². The smallest absolute Gasteiger partial charge is 0.432 e. The van der Waals surface area contributed by atoms with Gasteiger partial charge in [0, 0.05) is 56.8 Å². The van der Waals surface area contributed by atoms with Crippen LogP contribution in [0.1, 0.15) is 53.6 Å². The second-order valence-corrected chi connectivity index (χ2v) is 11.5. The Hall–Kier alpha value is -5.38. The second-order valence-electron chi connectivity index (χ2n) is 11.5. The van der Waals surface area contributed by atoms with Crippen LogP contribution in [0, 0.1) is 0 Å². The van der Waals surface area contributed by atoms with Crippen molar-refractivity contribution in [2.75, 3.05) is 65.2 Å². The van der Waals surface area contributed by atoms with Gasteiger partial charge in [0.1, 0.15) is 17.6 Å². The van der Waals surface area contributed by atoms with Gasteiger partial charge in [-0.05, 0) is 71.1 Å². The van der Waals surface area contributed by atoms with E-state index in [2.05, 4.69) is 26.3 Å². The zero-order chi connectivity index (χ0) is 36.0. The molecule has 5 rings (SSSR count). The van der Waals surface area contributed by atoms with E-state index >= 15 is 0 Å². The van der Waals surface area contributed by atoms with Crippen LogP contribution in [-0.4, -0.2) is 98.9 Å². The maximum atomic E-state index is 13.3. The lowest BCUT2D eigenvalue weighted by Crippen LogP contribution is -2.27. The van der Waals surface area contributed by atoms with Gasteiger partial charge in [0.25, 0.3) is 5.91 Å². The summed E-state index contributed by atoms with van der Waals surface area (Å²) in [4.78, 5) is 57.5. The number of ether oxygens (including phenoxy) is 4. The lowest BCUT2D eigenvalue weighted by molar-refractivity contribution is -0.121. The number of hydrogen-bond donors (Lipinski definition) is 3. The average Bonchev–Trinajstić information content (AvgIpc) is 3.68. The third-order valence-electron chi connectivity index (χ3n) is 8.09. The summed E-state index contributed by atoms with van der Waals surface area (Å²) in [5.41, 5.74) is 5.03. The number of para-hydroxylation sites is 1. The molecule has 0 saturated heterocycles. The first-order valence-corrected chi connectivity index (χ1v) is 16.8. The molecule has 0 bridgehead atoms. The molecule has 1 heterocycles. The van der Waals surface area contributed by atoms with E-state index in [9.17, 15) is 19.2 Å². The predicted octanol–water partition coefficient (Wildman–Crippen LogP) is 3.46. The van der Waals surface area contributed by atoms with Crippen LogP contribution in [0.4, 0.5) is 10.5 Å². The fraction of sp³-hybridized carbons (Fsp3) is 0.389. The highest BCUT2D eigenvalue weighted by Crippen LogP contribution is 2.47. The Kier molecular flexibility index (Phi) is 13.4. The highest BCUT2D eigenvalue weighted by Gasteiger charge is 2.33. The summed E-state index contributed by atoms with van der Waals surface area (Å²) < 4.78 is 21.2. The Morgan fingerprint density at radius 2 is 1.65 bits per heavy atom. The molecule has 0 aliphatic heterocycles. The van der Waals surface area contributed by atoms with Crippen molar-refractivity contribution < 1.29 is 43.0 Å². The van der Waals surface area contributed by atoms with Crippen LogP contribution in [0.5, 0.6) is 0 Å². The van der Waals surface area contributed by atoms with E-state index < -0.39 is 12.1 Å². The van der Waals surface area contributed by atoms with Gasteiger partial charge in [-0.2, -0.15) is 0 Å². The van der Waals surface area contributed by atoms with E-state index in [1.165, 1.54) is 0 Å². The summed E-state index contributed by atoms with van der Waals surface area (Å²) in [7, 11) is 1.59. The first kappa shape index (κ1) is 36.9. The molecule has 51 heavy (non-hydrogen) atoms. The van der Waals surface area contributed by atoms with Crippen LogP contribution < -0.4 is 20.8 Å². The minimum absolute atomic E-state index is 0.120. The van der Waals surface area contributed by atoms with Gasteiger partial charge in [-0.25, -0.2) is 4.79 Å². The summed E-state index contributed by atoms with van der Waals surface area (Å²) in [6, 6.07) is 17.8. The number of carbonyl (C=O) groups is 4. The summed E-state index contributed by atoms with van der Waals surface area (Å²) >= 11 is 0. The highest BCUT2D eigenvalue weighted by molar-refractivity contribution is 6.04. The van der Waals surface area contributed by atoms with Crippen molar-refractivity contribution in [3.63, 3.8) is 0 Å². The lowest BCUT2D eigenvalue weighted by atomic mass is 9.96. The Morgan fingerprint density at radius 1 is 0.843 bits per heavy atom. The van der Waals surface area contributed by atoms with Gasteiger partial charge in [0.15, 0.2) is 0 Å². The zero-order valence-electron chi connectivity index (χ0n) is 28.6. The molecule has 3 amide bonds. The minimum atomic E-state index is -0.988. The Morgan fingerprint density at radius 3 is 2.49 bits per heavy atom. The molecule has 15 nitrogen and oxygen atoms in total. The summed E-state index contributed by atoms with van der Waals surface area (Å²) in [6.45, 7) is 4.72. The quantitative estimate of drug-likeness (QED) is 0.0740. The normalized spacial score (nSPS) is 12.9. The molecule has 1 aliphatic rings. The van der Waals surface area contributed by atoms with E-state index in [0.29, 0.717) is 80.4 Å². The van der Waals surface area contributed by atoms with Crippen LogP contribution in [0.25, 0.3) is 22.2 Å². The van der Waals surface area contributed by atoms with Gasteiger partial charge < -0.3 is 34.9 Å². The third kappa shape index (κ3) is 9.87. The minimum Gasteiger partial charge on any atom is -0.432 e. The van der Waals surface area contributed by atoms with Crippen molar-refractivity contribution in [1.29, 1.82) is 0 Å². The summed E-state index contributed by atoms with van der Waals surface area (Å²) in [5.74, 6) is -1.17. The van der Waals surface area contributed by atoms with Crippen LogP contribution in [-0.2, 0) is 28.5 Å². The maximum absolute atomic E-state index is 13.3. The summed E-state index contributed by atoms with van der Waals surface area (Å²) in [6.07, 6.45) is -0.297. The number of amides is 3. The predicted molar refractivity (Wildman–Crippen MR) is 186 cm³/mol. The molecule has 1 atom stereocenters. The zero-order valence-corrected chi connectivity index (χ0v) is 28.6. The van der Waals surface area contributed by atoms with Gasteiger partial charge in [0.05, 0.1) is 26.4 Å². The van der Waals surface area contributed by atoms with Crippen molar-refractivity contribution in [2.45, 2.75) is 32.1 Å². The Bertz CT molecular complexity index is 1830. The van der Waals surface area contributed by atoms with Gasteiger partial charge in [0.2, 0.25) is 11.8 Å². The van der Waals surface area contributed by atoms with E-state index in [-0.39, 0.29) is 37.2 Å². The molecule has 0 radical (unpaired) electrons. The monoisotopic (exact) mass is 702 g/mol. The first-order valence-electron chi connectivity index (χ1n) is 16.8. The molecule has 3 N–H and O–H groups in total. The number of carbonyl (C=O) groups excluding carboxylic acids is 4. The van der Waals surface area contributed by atoms with Crippen LogP contribution in [0.15, 0.2) is 60.7 Å². The molecule has 4 aromatic rings. The molecule has 0 fully saturated rings. The van der Waals surface area contributed by atoms with Gasteiger partial charge in [-0.3, -0.25) is 19.2 Å². The van der Waals surface area contributed by atoms with Crippen molar-refractivity contribution in [2.24, 2.45) is 0 Å². The van der Waals surface area contributed by atoms with Crippen LogP contribution >= 0.6 is 0 Å². The third-order valence-corrected chi connectivity index (χ3v) is 8.09. The molecule has 1 aliphatic carbocycles. The SMILES string of the molecule is CCOCCNC(=O)c1cccc2c1-c1ccc(NC(=O)CCCC(=O)NCCOCCOC)cc1C2COC(=O)On1nnc2ccccc21. The van der Waals surface area contributed by atoms with E-state index in [0.717, 1.165) is 21.5 Å². The van der Waals surface area contributed by atoms with Gasteiger partial charge in [-0.1, -0.05) is 35.2 Å².